The Kier molecular flexibility index (Phi) is 52.4. The Hall–Kier alpha value is -0.860. The van der Waals surface area contributed by atoms with E-state index in [4.69, 9.17) is 9.47 Å². The van der Waals surface area contributed by atoms with Gasteiger partial charge in [-0.25, -0.2) is 0 Å². The molecule has 0 amide bonds. The molecule has 0 aliphatic carbocycles. The predicted octanol–water partition coefficient (Wildman–Crippen LogP) is 10.3. The molecule has 0 heterocycles. The van der Waals surface area contributed by atoms with Gasteiger partial charge < -0.3 is 29.3 Å². The van der Waals surface area contributed by atoms with E-state index in [1.807, 2.05) is 0 Å². The summed E-state index contributed by atoms with van der Waals surface area (Å²) in [5.74, 6) is -3.28. The summed E-state index contributed by atoms with van der Waals surface area (Å²) in [6.07, 6.45) is 41.4. The normalized spacial score (nSPS) is 10.6. The van der Waals surface area contributed by atoms with E-state index < -0.39 is 23.9 Å². The molecule has 0 atom stereocenters. The first-order chi connectivity index (χ1) is 25.3. The maximum absolute atomic E-state index is 11.2. The number of carboxylic acid groups (broad SMARTS) is 2. The van der Waals surface area contributed by atoms with Crippen LogP contribution in [-0.2, 0) is 28.7 Å². The van der Waals surface area contributed by atoms with Crippen molar-refractivity contribution in [3.63, 3.8) is 0 Å². The molecule has 0 N–H and O–H groups in total. The van der Waals surface area contributed by atoms with Crippen molar-refractivity contribution in [3.05, 3.63) is 0 Å². The number of rotatable bonds is 40. The van der Waals surface area contributed by atoms with Gasteiger partial charge in [0.2, 0.25) is 0 Å². The number of hydrogen-bond acceptors (Lipinski definition) is 8. The molecule has 0 spiro atoms. The smallest absolute Gasteiger partial charge is 0.550 e. The summed E-state index contributed by atoms with van der Waals surface area (Å²) in [7, 11) is 0. The summed E-state index contributed by atoms with van der Waals surface area (Å²) in [4.78, 5) is 42.8. The SMILES string of the molecule is CCCCCCCCCCCCCCCCCCOC(=O)CCC(=O)[O-].CCCCCCCCCCCCCCCCCCOC(=O)CCC(=O)[O-].[Ca+2]. The summed E-state index contributed by atoms with van der Waals surface area (Å²) < 4.78 is 9.96. The first-order valence-corrected chi connectivity index (χ1v) is 22.0. The van der Waals surface area contributed by atoms with Crippen molar-refractivity contribution in [2.45, 2.75) is 245 Å². The number of carbonyl (C=O) groups excluding carboxylic acids is 4. The van der Waals surface area contributed by atoms with Crippen LogP contribution in [0.4, 0.5) is 0 Å². The van der Waals surface area contributed by atoms with Crippen LogP contribution in [0.15, 0.2) is 0 Å². The summed E-state index contributed by atoms with van der Waals surface area (Å²) >= 11 is 0. The zero-order valence-electron chi connectivity index (χ0n) is 34.8. The molecule has 308 valence electrons. The Bertz CT molecular complexity index is 727. The maximum atomic E-state index is 11.2. The van der Waals surface area contributed by atoms with Crippen LogP contribution >= 0.6 is 0 Å². The molecule has 0 bridgehead atoms. The number of carbonyl (C=O) groups is 4. The molecule has 8 nitrogen and oxygen atoms in total. The fraction of sp³-hybridized carbons (Fsp3) is 0.909. The van der Waals surface area contributed by atoms with Gasteiger partial charge in [-0.2, -0.15) is 0 Å². The van der Waals surface area contributed by atoms with Gasteiger partial charge in [0.1, 0.15) is 0 Å². The van der Waals surface area contributed by atoms with E-state index in [9.17, 15) is 29.4 Å². The fourth-order valence-corrected chi connectivity index (χ4v) is 6.22. The number of unbranched alkanes of at least 4 members (excludes halogenated alkanes) is 30. The third-order valence-corrected chi connectivity index (χ3v) is 9.59. The van der Waals surface area contributed by atoms with Crippen LogP contribution in [0.5, 0.6) is 0 Å². The Balaban J connectivity index is -0.000000926. The molecule has 0 unspecified atom stereocenters. The molecule has 0 aliphatic heterocycles. The second kappa shape index (κ2) is 49.2. The van der Waals surface area contributed by atoms with E-state index in [0.717, 1.165) is 25.7 Å². The van der Waals surface area contributed by atoms with E-state index in [1.165, 1.54) is 180 Å². The van der Waals surface area contributed by atoms with Gasteiger partial charge in [0.25, 0.3) is 0 Å². The number of esters is 2. The molecule has 0 fully saturated rings. The minimum absolute atomic E-state index is 0. The third kappa shape index (κ3) is 55.6. The molecule has 0 aliphatic rings. The van der Waals surface area contributed by atoms with Crippen LogP contribution in [-0.4, -0.2) is 74.8 Å². The Morgan fingerprint density at radius 1 is 0.321 bits per heavy atom. The number of ether oxygens (including phenoxy) is 2. The average Bonchev–Trinajstić information content (AvgIpc) is 3.12. The van der Waals surface area contributed by atoms with Crippen molar-refractivity contribution in [2.75, 3.05) is 13.2 Å². The van der Waals surface area contributed by atoms with E-state index in [1.54, 1.807) is 0 Å². The minimum atomic E-state index is -1.20. The quantitative estimate of drug-likeness (QED) is 0.0341. The molecule has 53 heavy (non-hydrogen) atoms. The van der Waals surface area contributed by atoms with Crippen LogP contribution in [0.3, 0.4) is 0 Å². The molecule has 0 aromatic carbocycles. The van der Waals surface area contributed by atoms with Crippen LogP contribution in [0.2, 0.25) is 0 Å². The first-order valence-electron chi connectivity index (χ1n) is 22.0. The molecular formula is C44H82CaO8. The number of hydrogen-bond donors (Lipinski definition) is 0. The van der Waals surface area contributed by atoms with Crippen LogP contribution in [0, 0.1) is 0 Å². The predicted molar refractivity (Wildman–Crippen MR) is 215 cm³/mol. The maximum Gasteiger partial charge on any atom is 2.00 e. The van der Waals surface area contributed by atoms with Crippen molar-refractivity contribution in [3.8, 4) is 0 Å². The van der Waals surface area contributed by atoms with Crippen molar-refractivity contribution in [1.29, 1.82) is 0 Å². The second-order valence-electron chi connectivity index (χ2n) is 14.8. The number of carboxylic acids is 2. The van der Waals surface area contributed by atoms with Gasteiger partial charge >= 0.3 is 49.7 Å². The Morgan fingerprint density at radius 3 is 0.698 bits per heavy atom. The summed E-state index contributed by atoms with van der Waals surface area (Å²) in [6.45, 7) is 5.35. The molecule has 0 saturated heterocycles. The van der Waals surface area contributed by atoms with E-state index in [2.05, 4.69) is 13.8 Å². The Morgan fingerprint density at radius 2 is 0.509 bits per heavy atom. The summed E-state index contributed by atoms with van der Waals surface area (Å²) in [5, 5.41) is 20.4. The van der Waals surface area contributed by atoms with E-state index >= 15 is 0 Å². The van der Waals surface area contributed by atoms with Gasteiger partial charge in [0.05, 0.1) is 26.1 Å². The molecule has 0 rings (SSSR count). The second-order valence-corrected chi connectivity index (χ2v) is 14.8. The first kappa shape index (κ1) is 56.5. The van der Waals surface area contributed by atoms with Crippen molar-refractivity contribution >= 4 is 61.6 Å². The van der Waals surface area contributed by atoms with Crippen molar-refractivity contribution < 1.29 is 38.9 Å². The number of aliphatic carboxylic acids is 2. The van der Waals surface area contributed by atoms with Gasteiger partial charge in [-0.1, -0.05) is 206 Å². The molecule has 0 radical (unpaired) electrons. The summed E-state index contributed by atoms with van der Waals surface area (Å²) in [6, 6.07) is 0. The largest absolute Gasteiger partial charge is 2.00 e. The van der Waals surface area contributed by atoms with E-state index in [0.29, 0.717) is 13.2 Å². The van der Waals surface area contributed by atoms with Crippen LogP contribution in [0.25, 0.3) is 0 Å². The summed E-state index contributed by atoms with van der Waals surface area (Å²) in [5.41, 5.74) is 0. The third-order valence-electron chi connectivity index (χ3n) is 9.59. The van der Waals surface area contributed by atoms with Crippen molar-refractivity contribution in [1.82, 2.24) is 0 Å². The Labute approximate surface area is 356 Å². The van der Waals surface area contributed by atoms with Crippen molar-refractivity contribution in [2.24, 2.45) is 0 Å². The fourth-order valence-electron chi connectivity index (χ4n) is 6.22. The monoisotopic (exact) mass is 779 g/mol. The zero-order chi connectivity index (χ0) is 38.6. The van der Waals surface area contributed by atoms with Gasteiger partial charge in [-0.3, -0.25) is 9.59 Å². The van der Waals surface area contributed by atoms with Gasteiger partial charge in [0, 0.05) is 11.9 Å². The average molecular weight is 779 g/mol. The minimum Gasteiger partial charge on any atom is -0.550 e. The topological polar surface area (TPSA) is 133 Å². The van der Waals surface area contributed by atoms with Gasteiger partial charge in [-0.15, -0.1) is 0 Å². The molecule has 0 aromatic heterocycles. The van der Waals surface area contributed by atoms with Gasteiger partial charge in [0.15, 0.2) is 0 Å². The zero-order valence-corrected chi connectivity index (χ0v) is 37.1. The van der Waals surface area contributed by atoms with Crippen LogP contribution < -0.4 is 10.2 Å². The molecule has 0 aromatic rings. The molecular weight excluding hydrogens is 697 g/mol. The molecule has 9 heteroatoms. The van der Waals surface area contributed by atoms with E-state index in [-0.39, 0.29) is 63.4 Å². The molecule has 0 saturated carbocycles. The van der Waals surface area contributed by atoms with Crippen LogP contribution in [0.1, 0.15) is 245 Å². The van der Waals surface area contributed by atoms with Gasteiger partial charge in [-0.05, 0) is 25.7 Å². The standard InChI is InChI=1S/2C22H42O4.Ca/c2*1-2-3-4-5-6-7-8-9-10-11-12-13-14-15-16-17-20-26-22(25)19-18-21(23)24;/h2*2-20H2,1H3,(H,23,24);/q;;+2/p-2.